The summed E-state index contributed by atoms with van der Waals surface area (Å²) in [5.74, 6) is 0.887. The van der Waals surface area contributed by atoms with Gasteiger partial charge >= 0.3 is 0 Å². The Labute approximate surface area is 112 Å². The fraction of sp³-hybridized carbons (Fsp3) is 0.188. The van der Waals surface area contributed by atoms with Gasteiger partial charge in [0.1, 0.15) is 11.4 Å². The van der Waals surface area contributed by atoms with Crippen LogP contribution in [0.25, 0.3) is 5.65 Å². The molecule has 96 valence electrons. The highest BCUT2D eigenvalue weighted by Gasteiger charge is 2.04. The molecule has 3 nitrogen and oxygen atoms in total. The quantitative estimate of drug-likeness (QED) is 0.715. The Hall–Kier alpha value is -2.29. The van der Waals surface area contributed by atoms with Crippen molar-refractivity contribution in [2.24, 2.45) is 0 Å². The van der Waals surface area contributed by atoms with Gasteiger partial charge in [-0.3, -0.25) is 0 Å². The van der Waals surface area contributed by atoms with Crippen LogP contribution in [0.2, 0.25) is 0 Å². The molecule has 0 saturated heterocycles. The molecule has 0 saturated carbocycles. The Bertz CT molecular complexity index is 716. The largest absolute Gasteiger partial charge is 0.497 e. The number of benzene rings is 1. The van der Waals surface area contributed by atoms with Crippen LogP contribution in [0.15, 0.2) is 48.7 Å². The number of rotatable bonds is 3. The Kier molecular flexibility index (Phi) is 2.95. The molecule has 0 amide bonds. The van der Waals surface area contributed by atoms with Gasteiger partial charge in [-0.15, -0.1) is 0 Å². The number of hydrogen-bond acceptors (Lipinski definition) is 2. The second-order valence-electron chi connectivity index (χ2n) is 4.66. The fourth-order valence-corrected chi connectivity index (χ4v) is 2.28. The monoisotopic (exact) mass is 252 g/mol. The summed E-state index contributed by atoms with van der Waals surface area (Å²) in [5, 5.41) is 0. The molecular formula is C16H16N2O. The number of imidazole rings is 1. The summed E-state index contributed by atoms with van der Waals surface area (Å²) in [7, 11) is 1.69. The van der Waals surface area contributed by atoms with E-state index in [1.165, 1.54) is 11.3 Å². The third-order valence-electron chi connectivity index (χ3n) is 3.27. The van der Waals surface area contributed by atoms with Crippen LogP contribution in [-0.2, 0) is 6.42 Å². The number of fused-ring (bicyclic) bond motifs is 1. The zero-order valence-corrected chi connectivity index (χ0v) is 11.1. The fourth-order valence-electron chi connectivity index (χ4n) is 2.28. The highest BCUT2D eigenvalue weighted by Crippen LogP contribution is 2.17. The van der Waals surface area contributed by atoms with Gasteiger partial charge in [0.2, 0.25) is 0 Å². The van der Waals surface area contributed by atoms with Gasteiger partial charge in [-0.05, 0) is 36.8 Å². The maximum atomic E-state index is 5.24. The third-order valence-corrected chi connectivity index (χ3v) is 3.27. The molecule has 0 aliphatic carbocycles. The number of aryl methyl sites for hydroxylation is 1. The van der Waals surface area contributed by atoms with Gasteiger partial charge in [-0.25, -0.2) is 4.98 Å². The van der Waals surface area contributed by atoms with Crippen molar-refractivity contribution in [2.75, 3.05) is 7.11 Å². The molecule has 0 aliphatic rings. The standard InChI is InChI=1S/C16H16N2O/c1-12-5-3-8-16-17-14(11-18(12)16)9-13-6-4-7-15(10-13)19-2/h3-8,10-11H,9H2,1-2H3. The summed E-state index contributed by atoms with van der Waals surface area (Å²) in [6.45, 7) is 2.09. The van der Waals surface area contributed by atoms with E-state index in [1.807, 2.05) is 24.3 Å². The van der Waals surface area contributed by atoms with Gasteiger partial charge in [0.25, 0.3) is 0 Å². The van der Waals surface area contributed by atoms with Crippen LogP contribution in [0.3, 0.4) is 0 Å². The van der Waals surface area contributed by atoms with E-state index in [0.717, 1.165) is 23.5 Å². The van der Waals surface area contributed by atoms with Gasteiger partial charge in [0.05, 0.1) is 12.8 Å². The molecule has 2 aromatic heterocycles. The molecule has 0 bridgehead atoms. The normalized spacial score (nSPS) is 10.8. The second kappa shape index (κ2) is 4.76. The third kappa shape index (κ3) is 2.32. The van der Waals surface area contributed by atoms with Crippen LogP contribution in [0, 0.1) is 6.92 Å². The van der Waals surface area contributed by atoms with Gasteiger partial charge in [0.15, 0.2) is 0 Å². The van der Waals surface area contributed by atoms with E-state index in [4.69, 9.17) is 4.74 Å². The van der Waals surface area contributed by atoms with Crippen LogP contribution in [-0.4, -0.2) is 16.5 Å². The van der Waals surface area contributed by atoms with Crippen molar-refractivity contribution in [1.29, 1.82) is 0 Å². The number of nitrogens with zero attached hydrogens (tertiary/aromatic N) is 2. The molecule has 0 fully saturated rings. The molecule has 0 N–H and O–H groups in total. The van der Waals surface area contributed by atoms with Crippen molar-refractivity contribution in [3.63, 3.8) is 0 Å². The smallest absolute Gasteiger partial charge is 0.137 e. The lowest BCUT2D eigenvalue weighted by Crippen LogP contribution is -1.90. The van der Waals surface area contributed by atoms with Crippen molar-refractivity contribution in [2.45, 2.75) is 13.3 Å². The zero-order chi connectivity index (χ0) is 13.2. The van der Waals surface area contributed by atoms with Crippen LogP contribution in [0.5, 0.6) is 5.75 Å². The maximum absolute atomic E-state index is 5.24. The van der Waals surface area contributed by atoms with Crippen molar-refractivity contribution in [3.05, 3.63) is 65.6 Å². The zero-order valence-electron chi connectivity index (χ0n) is 11.1. The SMILES string of the molecule is COc1cccc(Cc2cn3c(C)cccc3n2)c1. The maximum Gasteiger partial charge on any atom is 0.137 e. The molecule has 0 atom stereocenters. The lowest BCUT2D eigenvalue weighted by atomic mass is 10.1. The van der Waals surface area contributed by atoms with Crippen LogP contribution < -0.4 is 4.74 Å². The van der Waals surface area contributed by atoms with Gasteiger partial charge in [-0.1, -0.05) is 18.2 Å². The first-order valence-corrected chi connectivity index (χ1v) is 6.33. The minimum atomic E-state index is 0.818. The topological polar surface area (TPSA) is 26.5 Å². The van der Waals surface area contributed by atoms with Gasteiger partial charge in [-0.2, -0.15) is 0 Å². The van der Waals surface area contributed by atoms with Crippen LogP contribution in [0.1, 0.15) is 17.0 Å². The van der Waals surface area contributed by atoms with E-state index >= 15 is 0 Å². The first kappa shape index (κ1) is 11.8. The number of ether oxygens (including phenoxy) is 1. The lowest BCUT2D eigenvalue weighted by molar-refractivity contribution is 0.414. The molecule has 19 heavy (non-hydrogen) atoms. The number of pyridine rings is 1. The molecule has 1 aromatic carbocycles. The van der Waals surface area contributed by atoms with Crippen LogP contribution >= 0.6 is 0 Å². The van der Waals surface area contributed by atoms with Crippen molar-refractivity contribution in [3.8, 4) is 5.75 Å². The first-order valence-electron chi connectivity index (χ1n) is 6.33. The van der Waals surface area contributed by atoms with E-state index in [-0.39, 0.29) is 0 Å². The molecule has 0 aliphatic heterocycles. The number of hydrogen-bond donors (Lipinski definition) is 0. The molecule has 0 radical (unpaired) electrons. The summed E-state index contributed by atoms with van der Waals surface area (Å²) in [6.07, 6.45) is 2.92. The lowest BCUT2D eigenvalue weighted by Gasteiger charge is -2.02. The highest BCUT2D eigenvalue weighted by atomic mass is 16.5. The molecule has 3 rings (SSSR count). The van der Waals surface area contributed by atoms with E-state index < -0.39 is 0 Å². The Morgan fingerprint density at radius 1 is 1.16 bits per heavy atom. The number of aromatic nitrogens is 2. The van der Waals surface area contributed by atoms with E-state index in [9.17, 15) is 0 Å². The van der Waals surface area contributed by atoms with E-state index in [1.54, 1.807) is 7.11 Å². The van der Waals surface area contributed by atoms with Crippen LogP contribution in [0.4, 0.5) is 0 Å². The molecule has 3 aromatic rings. The molecule has 3 heteroatoms. The molecule has 0 unspecified atom stereocenters. The predicted molar refractivity (Wildman–Crippen MR) is 75.7 cm³/mol. The number of methoxy groups -OCH3 is 1. The minimum Gasteiger partial charge on any atom is -0.497 e. The first-order chi connectivity index (χ1) is 9.26. The Balaban J connectivity index is 1.94. The van der Waals surface area contributed by atoms with Crippen molar-refractivity contribution < 1.29 is 4.74 Å². The molecule has 2 heterocycles. The van der Waals surface area contributed by atoms with Crippen molar-refractivity contribution >= 4 is 5.65 Å². The summed E-state index contributed by atoms with van der Waals surface area (Å²) < 4.78 is 7.37. The highest BCUT2D eigenvalue weighted by molar-refractivity contribution is 5.42. The van der Waals surface area contributed by atoms with E-state index in [0.29, 0.717) is 0 Å². The summed E-state index contributed by atoms with van der Waals surface area (Å²) in [5.41, 5.74) is 4.47. The Morgan fingerprint density at radius 3 is 2.79 bits per heavy atom. The molecule has 0 spiro atoms. The van der Waals surface area contributed by atoms with Crippen molar-refractivity contribution in [1.82, 2.24) is 9.38 Å². The summed E-state index contributed by atoms with van der Waals surface area (Å²) in [4.78, 5) is 4.65. The summed E-state index contributed by atoms with van der Waals surface area (Å²) >= 11 is 0. The average Bonchev–Trinajstić information content (AvgIpc) is 2.83. The minimum absolute atomic E-state index is 0.818. The summed E-state index contributed by atoms with van der Waals surface area (Å²) in [6, 6.07) is 14.3. The predicted octanol–water partition coefficient (Wildman–Crippen LogP) is 3.24. The average molecular weight is 252 g/mol. The Morgan fingerprint density at radius 2 is 2.00 bits per heavy atom. The molecular weight excluding hydrogens is 236 g/mol. The van der Waals surface area contributed by atoms with Gasteiger partial charge in [0, 0.05) is 18.3 Å². The van der Waals surface area contributed by atoms with Gasteiger partial charge < -0.3 is 9.14 Å². The van der Waals surface area contributed by atoms with E-state index in [2.05, 4.69) is 40.7 Å². The second-order valence-corrected chi connectivity index (χ2v) is 4.66.